The molecule has 1 saturated carbocycles. The standard InChI is InChI=1S/C27H29N3O4/c31-25-12-11-23(26(32)28-25)30-16-18-13-20(9-10-21(18)27(30)33)34-24-8-4-7-22(24)29-14-19(15-29)17-5-2-1-3-6-17/h1-3,5-6,9-10,13,19,22-24H,4,7-8,11-12,14-16H2,(H,28,31,32)/t22-,23?,24-/m0/s1. The molecule has 34 heavy (non-hydrogen) atoms. The number of nitrogens with one attached hydrogen (secondary N) is 1. The normalized spacial score (nSPS) is 27.5. The molecule has 3 fully saturated rings. The van der Waals surface area contributed by atoms with E-state index in [4.69, 9.17) is 4.74 Å². The van der Waals surface area contributed by atoms with E-state index in [0.717, 1.165) is 43.7 Å². The zero-order chi connectivity index (χ0) is 23.2. The van der Waals surface area contributed by atoms with Gasteiger partial charge in [0.1, 0.15) is 17.9 Å². The van der Waals surface area contributed by atoms with Gasteiger partial charge in [-0.05, 0) is 55.0 Å². The van der Waals surface area contributed by atoms with Gasteiger partial charge in [-0.3, -0.25) is 24.6 Å². The predicted molar refractivity (Wildman–Crippen MR) is 125 cm³/mol. The molecule has 0 bridgehead atoms. The van der Waals surface area contributed by atoms with Gasteiger partial charge in [-0.1, -0.05) is 30.3 Å². The molecule has 2 aromatic rings. The van der Waals surface area contributed by atoms with Crippen molar-refractivity contribution in [3.8, 4) is 5.75 Å². The van der Waals surface area contributed by atoms with Crippen LogP contribution in [0.5, 0.6) is 5.75 Å². The Morgan fingerprint density at radius 1 is 0.941 bits per heavy atom. The number of benzene rings is 2. The highest BCUT2D eigenvalue weighted by molar-refractivity contribution is 6.05. The van der Waals surface area contributed by atoms with Gasteiger partial charge in [-0.25, -0.2) is 0 Å². The fourth-order valence-corrected chi connectivity index (χ4v) is 5.98. The summed E-state index contributed by atoms with van der Waals surface area (Å²) in [7, 11) is 0. The minimum absolute atomic E-state index is 0.151. The summed E-state index contributed by atoms with van der Waals surface area (Å²) in [5.41, 5.74) is 2.92. The van der Waals surface area contributed by atoms with Crippen molar-refractivity contribution in [3.63, 3.8) is 0 Å². The van der Waals surface area contributed by atoms with Gasteiger partial charge in [0.05, 0.1) is 0 Å². The number of amides is 3. The molecular formula is C27H29N3O4. The van der Waals surface area contributed by atoms with E-state index in [1.165, 1.54) is 5.56 Å². The number of carbonyl (C=O) groups is 3. The van der Waals surface area contributed by atoms with Crippen LogP contribution >= 0.6 is 0 Å². The lowest BCUT2D eigenvalue weighted by atomic mass is 9.89. The average Bonchev–Trinajstić information content (AvgIpc) is 3.38. The summed E-state index contributed by atoms with van der Waals surface area (Å²) >= 11 is 0. The highest BCUT2D eigenvalue weighted by atomic mass is 16.5. The van der Waals surface area contributed by atoms with Gasteiger partial charge in [-0.15, -0.1) is 0 Å². The minimum atomic E-state index is -0.592. The predicted octanol–water partition coefficient (Wildman–Crippen LogP) is 2.85. The molecule has 1 N–H and O–H groups in total. The van der Waals surface area contributed by atoms with E-state index in [1.54, 1.807) is 4.90 Å². The summed E-state index contributed by atoms with van der Waals surface area (Å²) in [4.78, 5) is 40.8. The zero-order valence-corrected chi connectivity index (χ0v) is 19.1. The lowest BCUT2D eigenvalue weighted by Gasteiger charge is -2.45. The second-order valence-corrected chi connectivity index (χ2v) is 9.93. The van der Waals surface area contributed by atoms with Crippen molar-refractivity contribution in [1.29, 1.82) is 0 Å². The highest BCUT2D eigenvalue weighted by Crippen LogP contribution is 2.37. The molecule has 0 spiro atoms. The Morgan fingerprint density at radius 3 is 2.56 bits per heavy atom. The number of hydrogen-bond donors (Lipinski definition) is 1. The maximum atomic E-state index is 12.9. The summed E-state index contributed by atoms with van der Waals surface area (Å²) in [6.45, 7) is 2.53. The molecule has 2 aromatic carbocycles. The molecule has 3 amide bonds. The van der Waals surface area contributed by atoms with Gasteiger partial charge < -0.3 is 9.64 Å². The topological polar surface area (TPSA) is 79.0 Å². The number of hydrogen-bond acceptors (Lipinski definition) is 5. The van der Waals surface area contributed by atoms with Crippen LogP contribution in [0.4, 0.5) is 0 Å². The molecule has 176 valence electrons. The number of rotatable bonds is 5. The fraction of sp³-hybridized carbons (Fsp3) is 0.444. The Bertz CT molecular complexity index is 1130. The van der Waals surface area contributed by atoms with Crippen molar-refractivity contribution >= 4 is 17.7 Å². The SMILES string of the molecule is O=C1CCC(N2Cc3cc(O[C@H]4CCC[C@@H]4N4CC(c5ccccc5)C4)ccc3C2=O)C(=O)N1. The largest absolute Gasteiger partial charge is 0.489 e. The molecule has 4 aliphatic rings. The monoisotopic (exact) mass is 459 g/mol. The number of imide groups is 1. The van der Waals surface area contributed by atoms with E-state index < -0.39 is 6.04 Å². The highest BCUT2D eigenvalue weighted by Gasteiger charge is 2.41. The molecule has 7 heteroatoms. The molecule has 0 aromatic heterocycles. The second kappa shape index (κ2) is 8.55. The Kier molecular flexibility index (Phi) is 5.37. The van der Waals surface area contributed by atoms with Crippen molar-refractivity contribution in [2.45, 2.75) is 62.8 Å². The Hall–Kier alpha value is -3.19. The van der Waals surface area contributed by atoms with Crippen molar-refractivity contribution in [1.82, 2.24) is 15.1 Å². The summed E-state index contributed by atoms with van der Waals surface area (Å²) in [6, 6.07) is 16.2. The van der Waals surface area contributed by atoms with Crippen LogP contribution in [0.3, 0.4) is 0 Å². The van der Waals surface area contributed by atoms with E-state index >= 15 is 0 Å². The minimum Gasteiger partial charge on any atom is -0.489 e. The molecule has 1 aliphatic carbocycles. The number of likely N-dealkylation sites (tertiary alicyclic amines) is 1. The van der Waals surface area contributed by atoms with Crippen LogP contribution in [0.2, 0.25) is 0 Å². The molecule has 6 rings (SSSR count). The van der Waals surface area contributed by atoms with Crippen molar-refractivity contribution < 1.29 is 19.1 Å². The van der Waals surface area contributed by atoms with Crippen LogP contribution in [-0.2, 0) is 16.1 Å². The third kappa shape index (κ3) is 3.78. The van der Waals surface area contributed by atoms with Gasteiger partial charge >= 0.3 is 0 Å². The third-order valence-electron chi connectivity index (χ3n) is 7.85. The molecule has 3 heterocycles. The number of fused-ring (bicyclic) bond motifs is 1. The first-order chi connectivity index (χ1) is 16.6. The Morgan fingerprint density at radius 2 is 1.76 bits per heavy atom. The first kappa shape index (κ1) is 21.4. The van der Waals surface area contributed by atoms with E-state index in [-0.39, 0.29) is 30.2 Å². The van der Waals surface area contributed by atoms with Crippen LogP contribution in [0, 0.1) is 0 Å². The molecule has 1 unspecified atom stereocenters. The van der Waals surface area contributed by atoms with Crippen LogP contribution in [0.25, 0.3) is 0 Å². The summed E-state index contributed by atoms with van der Waals surface area (Å²) in [5.74, 6) is 0.582. The van der Waals surface area contributed by atoms with E-state index in [9.17, 15) is 14.4 Å². The van der Waals surface area contributed by atoms with Gasteiger partial charge in [0.25, 0.3) is 5.91 Å². The van der Waals surface area contributed by atoms with E-state index in [0.29, 0.717) is 30.5 Å². The molecule has 7 nitrogen and oxygen atoms in total. The number of carbonyl (C=O) groups excluding carboxylic acids is 3. The van der Waals surface area contributed by atoms with Gasteiger partial charge in [0, 0.05) is 43.6 Å². The third-order valence-corrected chi connectivity index (χ3v) is 7.85. The van der Waals surface area contributed by atoms with Gasteiger partial charge in [-0.2, -0.15) is 0 Å². The fourth-order valence-electron chi connectivity index (χ4n) is 5.98. The smallest absolute Gasteiger partial charge is 0.255 e. The Balaban J connectivity index is 1.11. The summed E-state index contributed by atoms with van der Waals surface area (Å²) in [5, 5.41) is 2.35. The Labute approximate surface area is 199 Å². The average molecular weight is 460 g/mol. The van der Waals surface area contributed by atoms with Crippen LogP contribution in [0.1, 0.15) is 59.5 Å². The summed E-state index contributed by atoms with van der Waals surface area (Å²) in [6.07, 6.45) is 4.13. The van der Waals surface area contributed by atoms with Gasteiger partial charge in [0.15, 0.2) is 0 Å². The first-order valence-corrected chi connectivity index (χ1v) is 12.3. The molecule has 0 radical (unpaired) electrons. The number of piperidine rings is 1. The van der Waals surface area contributed by atoms with Crippen LogP contribution < -0.4 is 10.1 Å². The van der Waals surface area contributed by atoms with Crippen LogP contribution in [0.15, 0.2) is 48.5 Å². The van der Waals surface area contributed by atoms with Crippen LogP contribution in [-0.4, -0.2) is 58.8 Å². The van der Waals surface area contributed by atoms with E-state index in [1.807, 2.05) is 18.2 Å². The maximum Gasteiger partial charge on any atom is 0.255 e. The van der Waals surface area contributed by atoms with Crippen molar-refractivity contribution in [2.75, 3.05) is 13.1 Å². The summed E-state index contributed by atoms with van der Waals surface area (Å²) < 4.78 is 6.47. The first-order valence-electron chi connectivity index (χ1n) is 12.3. The lowest BCUT2D eigenvalue weighted by Crippen LogP contribution is -2.54. The van der Waals surface area contributed by atoms with E-state index in [2.05, 4.69) is 40.5 Å². The molecular weight excluding hydrogens is 430 g/mol. The molecule has 3 aliphatic heterocycles. The van der Waals surface area contributed by atoms with Gasteiger partial charge in [0.2, 0.25) is 11.8 Å². The lowest BCUT2D eigenvalue weighted by molar-refractivity contribution is -0.136. The second-order valence-electron chi connectivity index (χ2n) is 9.93. The van der Waals surface area contributed by atoms with Crippen molar-refractivity contribution in [3.05, 3.63) is 65.2 Å². The maximum absolute atomic E-state index is 12.9. The molecule has 3 atom stereocenters. The molecule has 2 saturated heterocycles. The quantitative estimate of drug-likeness (QED) is 0.696. The number of nitrogens with zero attached hydrogens (tertiary/aromatic N) is 2. The zero-order valence-electron chi connectivity index (χ0n) is 19.1. The number of ether oxygens (including phenoxy) is 1. The van der Waals surface area contributed by atoms with Crippen molar-refractivity contribution in [2.24, 2.45) is 0 Å².